The van der Waals surface area contributed by atoms with Crippen LogP contribution in [0.3, 0.4) is 0 Å². The number of benzene rings is 2. The summed E-state index contributed by atoms with van der Waals surface area (Å²) in [5.74, 6) is -0.814. The molecule has 2 aromatic rings. The number of nitrogen functional groups attached to an aromatic ring is 1. The van der Waals surface area contributed by atoms with E-state index in [2.05, 4.69) is 0 Å². The number of nitrogens with two attached hydrogens (primary N) is 1. The van der Waals surface area contributed by atoms with Crippen molar-refractivity contribution in [3.63, 3.8) is 0 Å². The molecule has 0 amide bonds. The van der Waals surface area contributed by atoms with Gasteiger partial charge in [-0.2, -0.15) is 0 Å². The van der Waals surface area contributed by atoms with Crippen molar-refractivity contribution in [1.82, 2.24) is 0 Å². The fourth-order valence-electron chi connectivity index (χ4n) is 1.78. The summed E-state index contributed by atoms with van der Waals surface area (Å²) in [6, 6.07) is 7.22. The van der Waals surface area contributed by atoms with Gasteiger partial charge in [0, 0.05) is 12.1 Å². The number of hydrogen-bond acceptors (Lipinski definition) is 3. The third-order valence-electron chi connectivity index (χ3n) is 2.90. The second-order valence-corrected chi connectivity index (χ2v) is 4.66. The molecule has 0 fully saturated rings. The average Bonchev–Trinajstić information content (AvgIpc) is 2.45. The maximum atomic E-state index is 13.9. The van der Waals surface area contributed by atoms with Crippen LogP contribution in [0.25, 0.3) is 0 Å². The molecule has 0 aromatic heterocycles. The normalized spacial score (nSPS) is 10.5. The van der Waals surface area contributed by atoms with Crippen LogP contribution in [0.15, 0.2) is 30.3 Å². The van der Waals surface area contributed by atoms with Gasteiger partial charge < -0.3 is 15.2 Å². The molecule has 5 heteroatoms. The number of anilines is 1. The zero-order valence-corrected chi connectivity index (χ0v) is 12.0. The third kappa shape index (κ3) is 3.42. The number of hydrogen-bond donors (Lipinski definition) is 1. The lowest BCUT2D eigenvalue weighted by Gasteiger charge is -2.13. The van der Waals surface area contributed by atoms with Gasteiger partial charge in [-0.15, -0.1) is 0 Å². The molecular weight excluding hydrogens is 276 g/mol. The number of halogens is 2. The van der Waals surface area contributed by atoms with Crippen molar-refractivity contribution in [2.24, 2.45) is 0 Å². The molecule has 0 atom stereocenters. The molecule has 0 heterocycles. The molecule has 0 aliphatic carbocycles. The molecule has 2 N–H and O–H groups in total. The Balaban J connectivity index is 2.33. The molecule has 3 nitrogen and oxygen atoms in total. The van der Waals surface area contributed by atoms with Crippen LogP contribution < -0.4 is 15.2 Å². The van der Waals surface area contributed by atoms with Crippen molar-refractivity contribution in [2.45, 2.75) is 20.3 Å². The largest absolute Gasteiger partial charge is 0.490 e. The molecule has 0 unspecified atom stereocenters. The predicted molar refractivity (Wildman–Crippen MR) is 77.8 cm³/mol. The van der Waals surface area contributed by atoms with E-state index in [1.165, 1.54) is 12.1 Å². The molecule has 0 aliphatic rings. The van der Waals surface area contributed by atoms with Gasteiger partial charge in [-0.1, -0.05) is 19.1 Å². The van der Waals surface area contributed by atoms with Crippen molar-refractivity contribution in [2.75, 3.05) is 12.3 Å². The summed E-state index contributed by atoms with van der Waals surface area (Å²) in [5.41, 5.74) is 6.25. The van der Waals surface area contributed by atoms with E-state index in [0.717, 1.165) is 12.5 Å². The Hall–Kier alpha value is -2.30. The molecule has 0 spiro atoms. The molecule has 112 valence electrons. The van der Waals surface area contributed by atoms with Gasteiger partial charge >= 0.3 is 0 Å². The summed E-state index contributed by atoms with van der Waals surface area (Å²) in [7, 11) is 0. The molecule has 0 saturated heterocycles. The van der Waals surface area contributed by atoms with E-state index in [4.69, 9.17) is 15.2 Å². The summed E-state index contributed by atoms with van der Waals surface area (Å²) in [5, 5.41) is 0. The van der Waals surface area contributed by atoms with Crippen LogP contribution in [0.5, 0.6) is 17.2 Å². The summed E-state index contributed by atoms with van der Waals surface area (Å²) in [4.78, 5) is 0. The first-order chi connectivity index (χ1) is 10.0. The first kappa shape index (κ1) is 15.1. The summed E-state index contributed by atoms with van der Waals surface area (Å²) in [6.45, 7) is 3.92. The topological polar surface area (TPSA) is 44.5 Å². The molecule has 0 saturated carbocycles. The highest BCUT2D eigenvalue weighted by atomic mass is 19.1. The van der Waals surface area contributed by atoms with E-state index in [9.17, 15) is 8.78 Å². The number of rotatable bonds is 5. The van der Waals surface area contributed by atoms with E-state index in [0.29, 0.717) is 12.2 Å². The van der Waals surface area contributed by atoms with Crippen LogP contribution in [-0.2, 0) is 0 Å². The van der Waals surface area contributed by atoms with Crippen LogP contribution in [0.1, 0.15) is 18.9 Å². The smallest absolute Gasteiger partial charge is 0.168 e. The Morgan fingerprint density at radius 1 is 1.10 bits per heavy atom. The van der Waals surface area contributed by atoms with Gasteiger partial charge in [-0.25, -0.2) is 8.78 Å². The lowest BCUT2D eigenvalue weighted by atomic mass is 10.2. The Morgan fingerprint density at radius 3 is 2.57 bits per heavy atom. The lowest BCUT2D eigenvalue weighted by molar-refractivity contribution is 0.299. The van der Waals surface area contributed by atoms with Gasteiger partial charge in [-0.3, -0.25) is 0 Å². The van der Waals surface area contributed by atoms with Crippen LogP contribution in [-0.4, -0.2) is 6.61 Å². The standard InChI is InChI=1S/C16H17F2NO2/c1-3-7-20-14-9-15(12(19)8-11(14)17)21-13-6-4-5-10(2)16(13)18/h4-6,8-9H,3,7,19H2,1-2H3. The highest BCUT2D eigenvalue weighted by molar-refractivity contribution is 5.57. The summed E-state index contributed by atoms with van der Waals surface area (Å²) < 4.78 is 38.4. The van der Waals surface area contributed by atoms with E-state index >= 15 is 0 Å². The summed E-state index contributed by atoms with van der Waals surface area (Å²) in [6.07, 6.45) is 0.743. The van der Waals surface area contributed by atoms with Crippen molar-refractivity contribution >= 4 is 5.69 Å². The fourth-order valence-corrected chi connectivity index (χ4v) is 1.78. The van der Waals surface area contributed by atoms with Crippen molar-refractivity contribution < 1.29 is 18.3 Å². The molecular formula is C16H17F2NO2. The maximum Gasteiger partial charge on any atom is 0.168 e. The Morgan fingerprint density at radius 2 is 1.86 bits per heavy atom. The van der Waals surface area contributed by atoms with Gasteiger partial charge in [0.05, 0.1) is 12.3 Å². The monoisotopic (exact) mass is 293 g/mol. The SMILES string of the molecule is CCCOc1cc(Oc2cccc(C)c2F)c(N)cc1F. The molecule has 0 bridgehead atoms. The van der Waals surface area contributed by atoms with E-state index in [1.54, 1.807) is 19.1 Å². The van der Waals surface area contributed by atoms with Crippen LogP contribution in [0.4, 0.5) is 14.5 Å². The number of ether oxygens (including phenoxy) is 2. The van der Waals surface area contributed by atoms with Crippen LogP contribution in [0.2, 0.25) is 0 Å². The van der Waals surface area contributed by atoms with Gasteiger partial charge in [0.15, 0.2) is 28.9 Å². The van der Waals surface area contributed by atoms with Gasteiger partial charge in [0.1, 0.15) is 0 Å². The highest BCUT2D eigenvalue weighted by Gasteiger charge is 2.13. The Bertz CT molecular complexity index is 644. The predicted octanol–water partition coefficient (Wildman–Crippen LogP) is 4.44. The van der Waals surface area contributed by atoms with E-state index in [1.807, 2.05) is 6.92 Å². The van der Waals surface area contributed by atoms with Crippen molar-refractivity contribution in [3.8, 4) is 17.2 Å². The Labute approximate surface area is 122 Å². The zero-order valence-electron chi connectivity index (χ0n) is 12.0. The minimum atomic E-state index is -0.571. The zero-order chi connectivity index (χ0) is 15.4. The average molecular weight is 293 g/mol. The quantitative estimate of drug-likeness (QED) is 0.829. The van der Waals surface area contributed by atoms with E-state index < -0.39 is 11.6 Å². The molecule has 2 rings (SSSR count). The third-order valence-corrected chi connectivity index (χ3v) is 2.90. The molecule has 0 radical (unpaired) electrons. The fraction of sp³-hybridized carbons (Fsp3) is 0.250. The summed E-state index contributed by atoms with van der Waals surface area (Å²) >= 11 is 0. The second kappa shape index (κ2) is 6.43. The molecule has 0 aliphatic heterocycles. The molecule has 21 heavy (non-hydrogen) atoms. The van der Waals surface area contributed by atoms with Crippen molar-refractivity contribution in [3.05, 3.63) is 47.5 Å². The second-order valence-electron chi connectivity index (χ2n) is 4.66. The Kier molecular flexibility index (Phi) is 4.62. The molecule has 2 aromatic carbocycles. The van der Waals surface area contributed by atoms with Gasteiger partial charge in [0.2, 0.25) is 0 Å². The minimum Gasteiger partial charge on any atom is -0.490 e. The van der Waals surface area contributed by atoms with Gasteiger partial charge in [-0.05, 0) is 25.0 Å². The van der Waals surface area contributed by atoms with Crippen LogP contribution >= 0.6 is 0 Å². The maximum absolute atomic E-state index is 13.9. The number of aryl methyl sites for hydroxylation is 1. The van der Waals surface area contributed by atoms with Crippen LogP contribution in [0, 0.1) is 18.6 Å². The first-order valence-electron chi connectivity index (χ1n) is 6.67. The van der Waals surface area contributed by atoms with Gasteiger partial charge in [0.25, 0.3) is 0 Å². The lowest BCUT2D eigenvalue weighted by Crippen LogP contribution is -2.01. The van der Waals surface area contributed by atoms with E-state index in [-0.39, 0.29) is 22.9 Å². The van der Waals surface area contributed by atoms with Crippen molar-refractivity contribution in [1.29, 1.82) is 0 Å². The highest BCUT2D eigenvalue weighted by Crippen LogP contribution is 2.35. The minimum absolute atomic E-state index is 0.0362. The first-order valence-corrected chi connectivity index (χ1v) is 6.67.